The number of morpholine rings is 1. The van der Waals surface area contributed by atoms with Crippen molar-refractivity contribution in [2.24, 2.45) is 0 Å². The molecule has 1 saturated heterocycles. The van der Waals surface area contributed by atoms with Crippen LogP contribution in [0, 0.1) is 0 Å². The van der Waals surface area contributed by atoms with E-state index in [4.69, 9.17) is 9.47 Å². The summed E-state index contributed by atoms with van der Waals surface area (Å²) in [6, 6.07) is 9.57. The molecule has 28 heavy (non-hydrogen) atoms. The molecule has 0 spiro atoms. The van der Waals surface area contributed by atoms with Gasteiger partial charge in [-0.15, -0.1) is 11.3 Å². The van der Waals surface area contributed by atoms with Crippen LogP contribution >= 0.6 is 11.3 Å². The molecule has 0 unspecified atom stereocenters. The molecule has 7 heteroatoms. The zero-order valence-electron chi connectivity index (χ0n) is 15.8. The van der Waals surface area contributed by atoms with Crippen molar-refractivity contribution in [2.75, 3.05) is 38.7 Å². The molecule has 0 bridgehead atoms. The number of esters is 1. The third kappa shape index (κ3) is 6.02. The lowest BCUT2D eigenvalue weighted by Crippen LogP contribution is -2.36. The highest BCUT2D eigenvalue weighted by Gasteiger charge is 2.15. The number of methoxy groups -OCH3 is 1. The summed E-state index contributed by atoms with van der Waals surface area (Å²) < 4.78 is 10.2. The highest BCUT2D eigenvalue weighted by molar-refractivity contribution is 7.10. The van der Waals surface area contributed by atoms with E-state index in [9.17, 15) is 9.59 Å². The van der Waals surface area contributed by atoms with E-state index < -0.39 is 0 Å². The van der Waals surface area contributed by atoms with Crippen molar-refractivity contribution >= 4 is 35.0 Å². The molecule has 2 aromatic rings. The summed E-state index contributed by atoms with van der Waals surface area (Å²) in [6.07, 6.45) is 3.46. The van der Waals surface area contributed by atoms with Crippen LogP contribution in [0.25, 0.3) is 6.08 Å². The van der Waals surface area contributed by atoms with E-state index in [2.05, 4.69) is 10.2 Å². The average molecular weight is 401 g/mol. The van der Waals surface area contributed by atoms with Crippen molar-refractivity contribution in [3.63, 3.8) is 0 Å². The van der Waals surface area contributed by atoms with Gasteiger partial charge < -0.3 is 14.8 Å². The molecule has 0 atom stereocenters. The molecule has 0 saturated carbocycles. The smallest absolute Gasteiger partial charge is 0.309 e. The molecule has 3 rings (SSSR count). The fraction of sp³-hybridized carbons (Fsp3) is 0.333. The monoisotopic (exact) mass is 400 g/mol. The Morgan fingerprint density at radius 3 is 2.79 bits per heavy atom. The van der Waals surface area contributed by atoms with E-state index >= 15 is 0 Å². The van der Waals surface area contributed by atoms with E-state index in [0.29, 0.717) is 5.69 Å². The molecule has 1 aromatic carbocycles. The number of nitrogens with one attached hydrogen (secondary N) is 1. The standard InChI is InChI=1S/C21H24N2O4S/c1-26-21(25)14-17-13-18(22-20(24)7-6-19-3-2-12-28-19)5-4-16(17)15-23-8-10-27-11-9-23/h2-7,12-13H,8-11,14-15H2,1H3,(H,22,24)/b7-6+. The van der Waals surface area contributed by atoms with Crippen LogP contribution in [0.2, 0.25) is 0 Å². The van der Waals surface area contributed by atoms with Gasteiger partial charge in [0.2, 0.25) is 5.91 Å². The number of carbonyl (C=O) groups excluding carboxylic acids is 2. The van der Waals surface area contributed by atoms with Crippen LogP contribution in [-0.4, -0.2) is 50.2 Å². The molecule has 2 heterocycles. The van der Waals surface area contributed by atoms with Crippen molar-refractivity contribution in [1.29, 1.82) is 0 Å². The summed E-state index contributed by atoms with van der Waals surface area (Å²) in [5.74, 6) is -0.511. The molecular formula is C21H24N2O4S. The summed E-state index contributed by atoms with van der Waals surface area (Å²) in [5, 5.41) is 4.82. The minimum Gasteiger partial charge on any atom is -0.469 e. The Bertz CT molecular complexity index is 827. The van der Waals surface area contributed by atoms with Crippen molar-refractivity contribution < 1.29 is 19.1 Å². The second-order valence-electron chi connectivity index (χ2n) is 6.46. The van der Waals surface area contributed by atoms with Crippen molar-refractivity contribution in [1.82, 2.24) is 4.90 Å². The van der Waals surface area contributed by atoms with Gasteiger partial charge in [0.15, 0.2) is 0 Å². The van der Waals surface area contributed by atoms with Crippen molar-refractivity contribution in [3.8, 4) is 0 Å². The Balaban J connectivity index is 1.71. The first-order chi connectivity index (χ1) is 13.6. The van der Waals surface area contributed by atoms with Gasteiger partial charge in [-0.2, -0.15) is 0 Å². The van der Waals surface area contributed by atoms with Crippen LogP contribution in [0.1, 0.15) is 16.0 Å². The quantitative estimate of drug-likeness (QED) is 0.572. The second kappa shape index (κ2) is 10.2. The molecule has 1 fully saturated rings. The van der Waals surface area contributed by atoms with E-state index in [1.165, 1.54) is 13.2 Å². The van der Waals surface area contributed by atoms with Crippen LogP contribution in [-0.2, 0) is 32.0 Å². The SMILES string of the molecule is COC(=O)Cc1cc(NC(=O)/C=C/c2cccs2)ccc1CN1CCOCC1. The average Bonchev–Trinajstić information content (AvgIpc) is 3.23. The first kappa shape index (κ1) is 20.3. The highest BCUT2D eigenvalue weighted by Crippen LogP contribution is 2.20. The van der Waals surface area contributed by atoms with Crippen LogP contribution in [0.5, 0.6) is 0 Å². The first-order valence-corrected chi connectivity index (χ1v) is 10.0. The molecule has 0 radical (unpaired) electrons. The maximum atomic E-state index is 12.2. The number of rotatable bonds is 7. The molecule has 1 aliphatic rings. The van der Waals surface area contributed by atoms with Crippen LogP contribution in [0.4, 0.5) is 5.69 Å². The lowest BCUT2D eigenvalue weighted by Gasteiger charge is -2.27. The van der Waals surface area contributed by atoms with E-state index in [-0.39, 0.29) is 18.3 Å². The fourth-order valence-electron chi connectivity index (χ4n) is 2.98. The Kier molecular flexibility index (Phi) is 7.36. The Labute approximate surface area is 168 Å². The molecule has 148 valence electrons. The number of amides is 1. The lowest BCUT2D eigenvalue weighted by molar-refractivity contribution is -0.139. The number of ether oxygens (including phenoxy) is 2. The van der Waals surface area contributed by atoms with Crippen LogP contribution in [0.15, 0.2) is 41.8 Å². The topological polar surface area (TPSA) is 67.9 Å². The predicted octanol–water partition coefficient (Wildman–Crippen LogP) is 2.95. The van der Waals surface area contributed by atoms with Gasteiger partial charge in [-0.05, 0) is 40.8 Å². The lowest BCUT2D eigenvalue weighted by atomic mass is 10.0. The zero-order chi connectivity index (χ0) is 19.8. The largest absolute Gasteiger partial charge is 0.469 e. The van der Waals surface area contributed by atoms with E-state index in [1.807, 2.05) is 35.7 Å². The van der Waals surface area contributed by atoms with Gasteiger partial charge >= 0.3 is 5.97 Å². The van der Waals surface area contributed by atoms with Gasteiger partial charge in [-0.3, -0.25) is 14.5 Å². The normalized spacial score (nSPS) is 14.9. The summed E-state index contributed by atoms with van der Waals surface area (Å²) >= 11 is 1.57. The molecule has 1 aromatic heterocycles. The number of carbonyl (C=O) groups is 2. The Morgan fingerprint density at radius 2 is 2.07 bits per heavy atom. The number of hydrogen-bond acceptors (Lipinski definition) is 6. The number of anilines is 1. The number of thiophene rings is 1. The Hall–Kier alpha value is -2.48. The van der Waals surface area contributed by atoms with Crippen LogP contribution < -0.4 is 5.32 Å². The number of nitrogens with zero attached hydrogens (tertiary/aromatic N) is 1. The fourth-order valence-corrected chi connectivity index (χ4v) is 3.60. The van der Waals surface area contributed by atoms with Crippen molar-refractivity contribution in [2.45, 2.75) is 13.0 Å². The molecule has 6 nitrogen and oxygen atoms in total. The third-order valence-electron chi connectivity index (χ3n) is 4.48. The highest BCUT2D eigenvalue weighted by atomic mass is 32.1. The van der Waals surface area contributed by atoms with Gasteiger partial charge in [0.25, 0.3) is 0 Å². The third-order valence-corrected chi connectivity index (χ3v) is 5.31. The summed E-state index contributed by atoms with van der Waals surface area (Å²) in [6.45, 7) is 3.91. The van der Waals surface area contributed by atoms with Crippen molar-refractivity contribution in [3.05, 3.63) is 57.8 Å². The van der Waals surface area contributed by atoms with Crippen LogP contribution in [0.3, 0.4) is 0 Å². The summed E-state index contributed by atoms with van der Waals surface area (Å²) in [5.41, 5.74) is 2.57. The molecule has 1 N–H and O–H groups in total. The van der Waals surface area contributed by atoms with E-state index in [0.717, 1.165) is 48.9 Å². The predicted molar refractivity (Wildman–Crippen MR) is 110 cm³/mol. The van der Waals surface area contributed by atoms with Gasteiger partial charge in [0.05, 0.1) is 26.7 Å². The van der Waals surface area contributed by atoms with Gasteiger partial charge in [-0.25, -0.2) is 0 Å². The Morgan fingerprint density at radius 1 is 1.25 bits per heavy atom. The minimum atomic E-state index is -0.302. The minimum absolute atomic E-state index is 0.172. The maximum absolute atomic E-state index is 12.2. The second-order valence-corrected chi connectivity index (χ2v) is 7.44. The molecular weight excluding hydrogens is 376 g/mol. The van der Waals surface area contributed by atoms with Gasteiger partial charge in [0, 0.05) is 36.3 Å². The summed E-state index contributed by atoms with van der Waals surface area (Å²) in [7, 11) is 1.38. The first-order valence-electron chi connectivity index (χ1n) is 9.15. The summed E-state index contributed by atoms with van der Waals surface area (Å²) in [4.78, 5) is 27.3. The molecule has 1 aliphatic heterocycles. The van der Waals surface area contributed by atoms with Gasteiger partial charge in [-0.1, -0.05) is 12.1 Å². The number of benzene rings is 1. The number of hydrogen-bond donors (Lipinski definition) is 1. The maximum Gasteiger partial charge on any atom is 0.309 e. The van der Waals surface area contributed by atoms with Gasteiger partial charge in [0.1, 0.15) is 0 Å². The molecule has 1 amide bonds. The molecule has 0 aliphatic carbocycles. The van der Waals surface area contributed by atoms with E-state index in [1.54, 1.807) is 17.4 Å². The zero-order valence-corrected chi connectivity index (χ0v) is 16.7.